The largest absolute Gasteiger partial charge is 0.508 e. The van der Waals surface area contributed by atoms with E-state index in [9.17, 15) is 9.90 Å². The second-order valence-electron chi connectivity index (χ2n) is 4.63. The van der Waals surface area contributed by atoms with Gasteiger partial charge in [-0.15, -0.1) is 0 Å². The molecule has 5 heteroatoms. The predicted molar refractivity (Wildman–Crippen MR) is 75.5 cm³/mol. The highest BCUT2D eigenvalue weighted by Gasteiger charge is 2.27. The van der Waals surface area contributed by atoms with Gasteiger partial charge in [-0.25, -0.2) is 0 Å². The van der Waals surface area contributed by atoms with Crippen molar-refractivity contribution in [2.24, 2.45) is 0 Å². The van der Waals surface area contributed by atoms with Gasteiger partial charge in [0.1, 0.15) is 5.75 Å². The van der Waals surface area contributed by atoms with Gasteiger partial charge >= 0.3 is 0 Å². The zero-order valence-corrected chi connectivity index (χ0v) is 12.0. The van der Waals surface area contributed by atoms with Crippen molar-refractivity contribution in [1.29, 1.82) is 0 Å². The number of hydrogen-bond acceptors (Lipinski definition) is 3. The van der Waals surface area contributed by atoms with Crippen LogP contribution < -0.4 is 0 Å². The van der Waals surface area contributed by atoms with Crippen LogP contribution in [0.15, 0.2) is 18.2 Å². The van der Waals surface area contributed by atoms with Crippen LogP contribution in [0.5, 0.6) is 5.75 Å². The summed E-state index contributed by atoms with van der Waals surface area (Å²) in [5.41, 5.74) is 0.378. The van der Waals surface area contributed by atoms with Crippen LogP contribution >= 0.6 is 23.4 Å². The third-order valence-electron chi connectivity index (χ3n) is 2.89. The van der Waals surface area contributed by atoms with Gasteiger partial charge in [0, 0.05) is 23.6 Å². The van der Waals surface area contributed by atoms with Crippen molar-refractivity contribution in [2.75, 3.05) is 13.1 Å². The fraction of sp³-hybridized carbons (Fsp3) is 0.462. The van der Waals surface area contributed by atoms with Gasteiger partial charge in [-0.3, -0.25) is 4.79 Å². The highest BCUT2D eigenvalue weighted by atomic mass is 35.5. The number of hydrogen-bond donors (Lipinski definition) is 1. The smallest absolute Gasteiger partial charge is 0.255 e. The molecule has 2 unspecified atom stereocenters. The van der Waals surface area contributed by atoms with Crippen molar-refractivity contribution in [2.45, 2.75) is 24.3 Å². The maximum atomic E-state index is 12.4. The first-order valence-electron chi connectivity index (χ1n) is 5.90. The average Bonchev–Trinajstić information content (AvgIpc) is 2.30. The van der Waals surface area contributed by atoms with Crippen molar-refractivity contribution in [3.05, 3.63) is 28.8 Å². The molecule has 1 aliphatic heterocycles. The molecular formula is C13H16ClNO2S. The van der Waals surface area contributed by atoms with E-state index in [0.29, 0.717) is 21.1 Å². The Kier molecular flexibility index (Phi) is 4.07. The zero-order chi connectivity index (χ0) is 13.3. The minimum Gasteiger partial charge on any atom is -0.508 e. The Morgan fingerprint density at radius 3 is 2.61 bits per heavy atom. The van der Waals surface area contributed by atoms with Gasteiger partial charge in [0.15, 0.2) is 0 Å². The van der Waals surface area contributed by atoms with E-state index < -0.39 is 0 Å². The average molecular weight is 286 g/mol. The van der Waals surface area contributed by atoms with Crippen molar-refractivity contribution >= 4 is 29.3 Å². The molecule has 0 saturated carbocycles. The number of halogens is 1. The molecule has 1 aromatic rings. The summed E-state index contributed by atoms with van der Waals surface area (Å²) in [6.45, 7) is 5.68. The molecule has 1 aromatic carbocycles. The highest BCUT2D eigenvalue weighted by molar-refractivity contribution is 8.00. The van der Waals surface area contributed by atoms with Gasteiger partial charge in [-0.1, -0.05) is 25.4 Å². The molecule has 1 amide bonds. The van der Waals surface area contributed by atoms with Crippen molar-refractivity contribution in [3.8, 4) is 5.75 Å². The molecule has 1 heterocycles. The Labute approximate surface area is 116 Å². The molecule has 0 bridgehead atoms. The molecule has 0 aromatic heterocycles. The standard InChI is InChI=1S/C13H16ClNO2S/c1-8-6-15(7-9(2)18-8)13(17)11-5-10(16)3-4-12(11)14/h3-5,8-9,16H,6-7H2,1-2H3. The van der Waals surface area contributed by atoms with Crippen LogP contribution in [0, 0.1) is 0 Å². The number of rotatable bonds is 1. The lowest BCUT2D eigenvalue weighted by molar-refractivity contribution is 0.0753. The second kappa shape index (κ2) is 5.41. The maximum absolute atomic E-state index is 12.4. The summed E-state index contributed by atoms with van der Waals surface area (Å²) >= 11 is 7.91. The topological polar surface area (TPSA) is 40.5 Å². The molecule has 2 atom stereocenters. The van der Waals surface area contributed by atoms with E-state index in [1.165, 1.54) is 12.1 Å². The molecule has 1 saturated heterocycles. The lowest BCUT2D eigenvalue weighted by Crippen LogP contribution is -2.44. The normalized spacial score (nSPS) is 24.1. The van der Waals surface area contributed by atoms with E-state index in [1.54, 1.807) is 6.07 Å². The number of thioether (sulfide) groups is 1. The van der Waals surface area contributed by atoms with E-state index >= 15 is 0 Å². The van der Waals surface area contributed by atoms with Gasteiger partial charge < -0.3 is 10.0 Å². The third-order valence-corrected chi connectivity index (χ3v) is 4.44. The number of carbonyl (C=O) groups excluding carboxylic acids is 1. The highest BCUT2D eigenvalue weighted by Crippen LogP contribution is 2.28. The SMILES string of the molecule is CC1CN(C(=O)c2cc(O)ccc2Cl)CC(C)S1. The minimum absolute atomic E-state index is 0.0650. The molecule has 1 fully saturated rings. The van der Waals surface area contributed by atoms with Crippen molar-refractivity contribution < 1.29 is 9.90 Å². The molecule has 1 N–H and O–H groups in total. The lowest BCUT2D eigenvalue weighted by Gasteiger charge is -2.34. The Bertz CT molecular complexity index is 456. The number of carbonyl (C=O) groups is 1. The first kappa shape index (κ1) is 13.6. The van der Waals surface area contributed by atoms with Crippen LogP contribution in [0.3, 0.4) is 0 Å². The zero-order valence-electron chi connectivity index (χ0n) is 10.4. The maximum Gasteiger partial charge on any atom is 0.255 e. The molecule has 1 aliphatic rings. The first-order chi connectivity index (χ1) is 8.47. The van der Waals surface area contributed by atoms with Gasteiger partial charge in [-0.05, 0) is 18.2 Å². The van der Waals surface area contributed by atoms with Crippen LogP contribution in [0.2, 0.25) is 5.02 Å². The molecule has 3 nitrogen and oxygen atoms in total. The van der Waals surface area contributed by atoms with Gasteiger partial charge in [-0.2, -0.15) is 11.8 Å². The van der Waals surface area contributed by atoms with Gasteiger partial charge in [0.2, 0.25) is 0 Å². The van der Waals surface area contributed by atoms with Crippen molar-refractivity contribution in [3.63, 3.8) is 0 Å². The van der Waals surface area contributed by atoms with E-state index in [1.807, 2.05) is 16.7 Å². The first-order valence-corrected chi connectivity index (χ1v) is 7.22. The van der Waals surface area contributed by atoms with E-state index in [0.717, 1.165) is 13.1 Å². The Hall–Kier alpha value is -0.870. The molecule has 0 radical (unpaired) electrons. The van der Waals surface area contributed by atoms with Crippen LogP contribution in [0.25, 0.3) is 0 Å². The molecule has 18 heavy (non-hydrogen) atoms. The summed E-state index contributed by atoms with van der Waals surface area (Å²) in [5.74, 6) is -0.0369. The number of benzene rings is 1. The van der Waals surface area contributed by atoms with E-state index in [4.69, 9.17) is 11.6 Å². The summed E-state index contributed by atoms with van der Waals surface area (Å²) < 4.78 is 0. The Morgan fingerprint density at radius 1 is 1.39 bits per heavy atom. The van der Waals surface area contributed by atoms with E-state index in [2.05, 4.69) is 13.8 Å². The number of phenolic OH excluding ortho intramolecular Hbond substituents is 1. The van der Waals surface area contributed by atoms with Crippen LogP contribution in [-0.4, -0.2) is 39.5 Å². The number of phenols is 1. The molecule has 0 aliphatic carbocycles. The van der Waals surface area contributed by atoms with E-state index in [-0.39, 0.29) is 11.7 Å². The Balaban J connectivity index is 2.22. The molecule has 0 spiro atoms. The number of nitrogens with zero attached hydrogens (tertiary/aromatic N) is 1. The van der Waals surface area contributed by atoms with Crippen LogP contribution in [0.4, 0.5) is 0 Å². The third kappa shape index (κ3) is 2.93. The summed E-state index contributed by atoms with van der Waals surface area (Å²) in [6.07, 6.45) is 0. The minimum atomic E-state index is -0.102. The van der Waals surface area contributed by atoms with Crippen LogP contribution in [0.1, 0.15) is 24.2 Å². The summed E-state index contributed by atoms with van der Waals surface area (Å²) in [7, 11) is 0. The summed E-state index contributed by atoms with van der Waals surface area (Å²) in [4.78, 5) is 14.2. The van der Waals surface area contributed by atoms with Gasteiger partial charge in [0.25, 0.3) is 5.91 Å². The molecular weight excluding hydrogens is 270 g/mol. The second-order valence-corrected chi connectivity index (χ2v) is 6.92. The summed E-state index contributed by atoms with van der Waals surface area (Å²) in [6, 6.07) is 4.47. The van der Waals surface area contributed by atoms with Crippen LogP contribution in [-0.2, 0) is 0 Å². The molecule has 98 valence electrons. The summed E-state index contributed by atoms with van der Waals surface area (Å²) in [5, 5.41) is 10.7. The molecule has 2 rings (SSSR count). The fourth-order valence-corrected chi connectivity index (χ4v) is 3.71. The van der Waals surface area contributed by atoms with Crippen molar-refractivity contribution in [1.82, 2.24) is 4.90 Å². The monoisotopic (exact) mass is 285 g/mol. The quantitative estimate of drug-likeness (QED) is 0.862. The fourth-order valence-electron chi connectivity index (χ4n) is 2.19. The predicted octanol–water partition coefficient (Wildman–Crippen LogP) is 3.01. The number of aromatic hydroxyl groups is 1. The Morgan fingerprint density at radius 2 is 2.00 bits per heavy atom. The van der Waals surface area contributed by atoms with Gasteiger partial charge in [0.05, 0.1) is 10.6 Å². The number of amides is 1. The lowest BCUT2D eigenvalue weighted by atomic mass is 10.1.